The molecule has 84 valence electrons. The molecule has 0 bridgehead atoms. The molecule has 1 N–H and O–H groups in total. The van der Waals surface area contributed by atoms with Gasteiger partial charge < -0.3 is 5.32 Å². The summed E-state index contributed by atoms with van der Waals surface area (Å²) in [5.41, 5.74) is -0.491. The van der Waals surface area contributed by atoms with Gasteiger partial charge in [0.25, 0.3) is 11.5 Å². The van der Waals surface area contributed by atoms with Crippen molar-refractivity contribution in [2.45, 2.75) is 5.66 Å². The number of aromatic nitrogens is 1. The molecule has 2 aliphatic rings. The van der Waals surface area contributed by atoms with Crippen molar-refractivity contribution in [2.75, 3.05) is 11.5 Å². The number of halogens is 2. The van der Waals surface area contributed by atoms with Gasteiger partial charge in [-0.25, -0.2) is 0 Å². The Morgan fingerprint density at radius 3 is 2.75 bits per heavy atom. The van der Waals surface area contributed by atoms with E-state index in [0.717, 1.165) is 0 Å². The van der Waals surface area contributed by atoms with Crippen LogP contribution in [0.3, 0.4) is 0 Å². The van der Waals surface area contributed by atoms with E-state index in [1.807, 2.05) is 0 Å². The molecule has 0 saturated carbocycles. The second kappa shape index (κ2) is 3.27. The van der Waals surface area contributed by atoms with Gasteiger partial charge in [0.1, 0.15) is 11.4 Å². The summed E-state index contributed by atoms with van der Waals surface area (Å²) in [6, 6.07) is 1.47. The van der Waals surface area contributed by atoms with Gasteiger partial charge in [-0.3, -0.25) is 14.2 Å². The van der Waals surface area contributed by atoms with E-state index < -0.39 is 5.66 Å². The first-order valence-corrected chi connectivity index (χ1v) is 6.89. The Balaban J connectivity index is 2.38. The summed E-state index contributed by atoms with van der Waals surface area (Å²) in [5.74, 6) is 1.14. The molecule has 1 aromatic heterocycles. The summed E-state index contributed by atoms with van der Waals surface area (Å²) >= 11 is 10.8. The second-order valence-corrected chi connectivity index (χ2v) is 6.06. The lowest BCUT2D eigenvalue weighted by Gasteiger charge is -2.38. The van der Waals surface area contributed by atoms with Gasteiger partial charge in [-0.1, -0.05) is 11.6 Å². The zero-order chi connectivity index (χ0) is 11.5. The van der Waals surface area contributed by atoms with E-state index in [0.29, 0.717) is 21.0 Å². The van der Waals surface area contributed by atoms with Crippen molar-refractivity contribution in [2.24, 2.45) is 0 Å². The van der Waals surface area contributed by atoms with Gasteiger partial charge in [-0.05, 0) is 22.0 Å². The highest BCUT2D eigenvalue weighted by Crippen LogP contribution is 2.39. The fourth-order valence-corrected chi connectivity index (χ4v) is 3.81. The number of carbonyl (C=O) groups is 1. The van der Waals surface area contributed by atoms with E-state index in [-0.39, 0.29) is 17.2 Å². The molecule has 0 aliphatic carbocycles. The van der Waals surface area contributed by atoms with Gasteiger partial charge in [-0.15, -0.1) is 0 Å². The van der Waals surface area contributed by atoms with Crippen LogP contribution in [0.1, 0.15) is 10.5 Å². The van der Waals surface area contributed by atoms with E-state index >= 15 is 0 Å². The van der Waals surface area contributed by atoms with E-state index in [1.54, 1.807) is 11.8 Å². The van der Waals surface area contributed by atoms with Crippen molar-refractivity contribution < 1.29 is 4.79 Å². The predicted molar refractivity (Wildman–Crippen MR) is 66.2 cm³/mol. The molecule has 16 heavy (non-hydrogen) atoms. The Bertz CT molecular complexity index is 567. The molecule has 1 fully saturated rings. The highest BCUT2D eigenvalue weighted by atomic mass is 79.9. The number of thioether (sulfide) groups is 1. The highest BCUT2D eigenvalue weighted by Gasteiger charge is 2.49. The first-order chi connectivity index (χ1) is 7.55. The molecule has 1 amide bonds. The molecule has 1 aromatic rings. The molecular weight excluding hydrogens is 316 g/mol. The monoisotopic (exact) mass is 320 g/mol. The fourth-order valence-electron chi connectivity index (χ4n) is 2.00. The third kappa shape index (κ3) is 1.18. The molecule has 1 spiro atoms. The maximum absolute atomic E-state index is 12.0. The van der Waals surface area contributed by atoms with Crippen molar-refractivity contribution in [3.63, 3.8) is 0 Å². The maximum Gasteiger partial charge on any atom is 0.271 e. The average molecular weight is 322 g/mol. The normalized spacial score (nSPS) is 20.5. The topological polar surface area (TPSA) is 51.1 Å². The summed E-state index contributed by atoms with van der Waals surface area (Å²) in [6.45, 7) is 0. The van der Waals surface area contributed by atoms with Gasteiger partial charge in [0.15, 0.2) is 0 Å². The van der Waals surface area contributed by atoms with Crippen LogP contribution in [0.15, 0.2) is 15.3 Å². The smallest absolute Gasteiger partial charge is 0.271 e. The minimum absolute atomic E-state index is 0.210. The van der Waals surface area contributed by atoms with Crippen LogP contribution in [0, 0.1) is 0 Å². The number of pyridine rings is 1. The first-order valence-electron chi connectivity index (χ1n) is 4.57. The van der Waals surface area contributed by atoms with Crippen LogP contribution in [0.5, 0.6) is 0 Å². The number of hydrogen-bond acceptors (Lipinski definition) is 3. The number of nitrogens with zero attached hydrogens (tertiary/aromatic N) is 1. The number of fused-ring (bicyclic) bond motifs is 2. The van der Waals surface area contributed by atoms with Crippen LogP contribution in [0.2, 0.25) is 5.02 Å². The molecule has 3 heterocycles. The zero-order valence-corrected chi connectivity index (χ0v) is 11.1. The summed E-state index contributed by atoms with van der Waals surface area (Å²) in [7, 11) is 0. The number of nitrogens with one attached hydrogen (secondary N) is 1. The van der Waals surface area contributed by atoms with Gasteiger partial charge in [0, 0.05) is 11.5 Å². The number of carbonyl (C=O) groups excluding carboxylic acids is 1. The zero-order valence-electron chi connectivity index (χ0n) is 7.92. The van der Waals surface area contributed by atoms with Crippen molar-refractivity contribution in [1.29, 1.82) is 0 Å². The third-order valence-corrected chi connectivity index (χ3v) is 5.00. The van der Waals surface area contributed by atoms with Gasteiger partial charge in [0.05, 0.1) is 9.50 Å². The molecule has 3 rings (SSSR count). The fraction of sp³-hybridized carbons (Fsp3) is 0.333. The van der Waals surface area contributed by atoms with Crippen LogP contribution < -0.4 is 10.9 Å². The van der Waals surface area contributed by atoms with E-state index in [2.05, 4.69) is 21.2 Å². The highest BCUT2D eigenvalue weighted by molar-refractivity contribution is 9.10. The lowest BCUT2D eigenvalue weighted by molar-refractivity contribution is 0.0934. The minimum atomic E-state index is -0.554. The summed E-state index contributed by atoms with van der Waals surface area (Å²) < 4.78 is 1.87. The van der Waals surface area contributed by atoms with E-state index in [1.165, 1.54) is 10.6 Å². The van der Waals surface area contributed by atoms with Gasteiger partial charge in [-0.2, -0.15) is 11.8 Å². The Morgan fingerprint density at radius 1 is 1.50 bits per heavy atom. The van der Waals surface area contributed by atoms with Crippen molar-refractivity contribution in [3.8, 4) is 0 Å². The van der Waals surface area contributed by atoms with Gasteiger partial charge >= 0.3 is 0 Å². The molecule has 0 unspecified atom stereocenters. The van der Waals surface area contributed by atoms with Gasteiger partial charge in [0.2, 0.25) is 0 Å². The number of hydrogen-bond donors (Lipinski definition) is 1. The lowest BCUT2D eigenvalue weighted by Crippen LogP contribution is -2.57. The second-order valence-electron chi connectivity index (χ2n) is 3.81. The summed E-state index contributed by atoms with van der Waals surface area (Å²) in [4.78, 5) is 23.8. The molecule has 4 nitrogen and oxygen atoms in total. The van der Waals surface area contributed by atoms with Crippen LogP contribution in [0.25, 0.3) is 0 Å². The number of rotatable bonds is 0. The van der Waals surface area contributed by atoms with Crippen LogP contribution >= 0.6 is 39.3 Å². The van der Waals surface area contributed by atoms with Crippen molar-refractivity contribution >= 4 is 45.2 Å². The van der Waals surface area contributed by atoms with Crippen molar-refractivity contribution in [3.05, 3.63) is 31.6 Å². The SMILES string of the molecule is O=C1NC2(CSC2)n2c1c(Cl)cc(Br)c2=O. The van der Waals surface area contributed by atoms with E-state index in [9.17, 15) is 9.59 Å². The van der Waals surface area contributed by atoms with E-state index in [4.69, 9.17) is 11.6 Å². The minimum Gasteiger partial charge on any atom is -0.326 e. The molecule has 0 atom stereocenters. The largest absolute Gasteiger partial charge is 0.326 e. The summed E-state index contributed by atoms with van der Waals surface area (Å²) in [6.07, 6.45) is 0. The predicted octanol–water partition coefficient (Wildman–Crippen LogP) is 1.41. The number of amides is 1. The molecule has 0 radical (unpaired) electrons. The van der Waals surface area contributed by atoms with Crippen LogP contribution in [-0.2, 0) is 5.66 Å². The Hall–Kier alpha value is -0.460. The Kier molecular flexibility index (Phi) is 2.18. The Morgan fingerprint density at radius 2 is 2.19 bits per heavy atom. The molecular formula is C9H6BrClN2O2S. The lowest BCUT2D eigenvalue weighted by atomic mass is 10.2. The summed E-state index contributed by atoms with van der Waals surface area (Å²) in [5, 5.41) is 3.14. The average Bonchev–Trinajstić information content (AvgIpc) is 2.48. The maximum atomic E-state index is 12.0. The molecule has 0 aromatic carbocycles. The first kappa shape index (κ1) is 10.7. The third-order valence-electron chi connectivity index (χ3n) is 2.78. The Labute approximate surface area is 108 Å². The molecule has 2 aliphatic heterocycles. The quantitative estimate of drug-likeness (QED) is 0.786. The molecule has 7 heteroatoms. The standard InChI is InChI=1S/C9H6BrClN2O2S/c10-4-1-5(11)6-7(14)12-9(2-16-3-9)13(6)8(4)15/h1H,2-3H2,(H,12,14). The van der Waals surface area contributed by atoms with Crippen LogP contribution in [0.4, 0.5) is 0 Å². The van der Waals surface area contributed by atoms with Crippen molar-refractivity contribution in [1.82, 2.24) is 9.88 Å². The van der Waals surface area contributed by atoms with Crippen LogP contribution in [-0.4, -0.2) is 22.0 Å². The molecule has 1 saturated heterocycles.